The molecule has 0 saturated heterocycles. The average Bonchev–Trinajstić information content (AvgIpc) is 2.63. The summed E-state index contributed by atoms with van der Waals surface area (Å²) < 4.78 is 6.77. The predicted molar refractivity (Wildman–Crippen MR) is 135 cm³/mol. The van der Waals surface area contributed by atoms with Crippen LogP contribution in [0.15, 0.2) is 24.8 Å². The van der Waals surface area contributed by atoms with Crippen LogP contribution in [0.4, 0.5) is 0 Å². The van der Waals surface area contributed by atoms with E-state index in [1.54, 1.807) is 0 Å². The monoisotopic (exact) mass is 437 g/mol. The van der Waals surface area contributed by atoms with Crippen LogP contribution in [0.5, 0.6) is 0 Å². The standard InChI is InChI=1S/C26H51NO2Si/c1-11-16-24(29-30(9,10)26(6,7)8)22(12-2)19-15-20-27-25(28)23(13-3)18-14-17-21(4)5/h11,22-24H,1,4,12-20H2,2-3,5-10H3,(H,27,28)/t22-,23-,24-/m1/s1. The number of amides is 1. The van der Waals surface area contributed by atoms with Crippen molar-refractivity contribution in [3.63, 3.8) is 0 Å². The van der Waals surface area contributed by atoms with E-state index in [2.05, 4.69) is 73.1 Å². The van der Waals surface area contributed by atoms with E-state index in [0.717, 1.165) is 57.9 Å². The van der Waals surface area contributed by atoms with Crippen LogP contribution in [0.1, 0.15) is 92.9 Å². The third kappa shape index (κ3) is 10.9. The molecule has 0 unspecified atom stereocenters. The zero-order valence-electron chi connectivity index (χ0n) is 21.4. The minimum atomic E-state index is -1.81. The van der Waals surface area contributed by atoms with Gasteiger partial charge in [-0.1, -0.05) is 52.7 Å². The first-order valence-electron chi connectivity index (χ1n) is 12.1. The second-order valence-corrected chi connectivity index (χ2v) is 15.3. The molecule has 0 bridgehead atoms. The quantitative estimate of drug-likeness (QED) is 0.153. The van der Waals surface area contributed by atoms with Crippen molar-refractivity contribution < 1.29 is 9.22 Å². The number of hydrogen-bond donors (Lipinski definition) is 1. The van der Waals surface area contributed by atoms with Gasteiger partial charge in [0.05, 0.1) is 6.10 Å². The Morgan fingerprint density at radius 1 is 1.13 bits per heavy atom. The van der Waals surface area contributed by atoms with Crippen LogP contribution in [0, 0.1) is 11.8 Å². The van der Waals surface area contributed by atoms with Crippen LogP contribution < -0.4 is 5.32 Å². The summed E-state index contributed by atoms with van der Waals surface area (Å²) in [6.45, 7) is 26.6. The molecular weight excluding hydrogens is 386 g/mol. The van der Waals surface area contributed by atoms with Crippen molar-refractivity contribution in [2.75, 3.05) is 6.54 Å². The Hall–Kier alpha value is -0.873. The topological polar surface area (TPSA) is 38.3 Å². The summed E-state index contributed by atoms with van der Waals surface area (Å²) in [6.07, 6.45) is 10.2. The van der Waals surface area contributed by atoms with E-state index >= 15 is 0 Å². The van der Waals surface area contributed by atoms with Crippen molar-refractivity contribution >= 4 is 14.2 Å². The second kappa shape index (κ2) is 14.2. The number of carbonyl (C=O) groups excluding carboxylic acids is 1. The molecule has 3 nitrogen and oxygen atoms in total. The summed E-state index contributed by atoms with van der Waals surface area (Å²) >= 11 is 0. The first kappa shape index (κ1) is 29.1. The number of rotatable bonds is 16. The molecule has 0 radical (unpaired) electrons. The van der Waals surface area contributed by atoms with Crippen molar-refractivity contribution in [2.45, 2.75) is 117 Å². The normalized spacial score (nSPS) is 15.3. The van der Waals surface area contributed by atoms with Crippen LogP contribution in [-0.2, 0) is 9.22 Å². The Morgan fingerprint density at radius 2 is 1.77 bits per heavy atom. The Balaban J connectivity index is 4.65. The number of nitrogens with one attached hydrogen (secondary N) is 1. The maximum atomic E-state index is 12.5. The molecule has 0 spiro atoms. The summed E-state index contributed by atoms with van der Waals surface area (Å²) in [4.78, 5) is 12.5. The van der Waals surface area contributed by atoms with Crippen molar-refractivity contribution in [3.05, 3.63) is 24.8 Å². The van der Waals surface area contributed by atoms with E-state index in [-0.39, 0.29) is 23.0 Å². The summed E-state index contributed by atoms with van der Waals surface area (Å²) in [5.74, 6) is 0.848. The van der Waals surface area contributed by atoms with Gasteiger partial charge in [-0.15, -0.1) is 13.2 Å². The number of allylic oxidation sites excluding steroid dienone is 1. The molecule has 0 heterocycles. The maximum Gasteiger partial charge on any atom is 0.223 e. The van der Waals surface area contributed by atoms with E-state index in [0.29, 0.717) is 5.92 Å². The molecule has 0 saturated carbocycles. The molecular formula is C26H51NO2Si. The van der Waals surface area contributed by atoms with Gasteiger partial charge in [0.25, 0.3) is 0 Å². The first-order valence-corrected chi connectivity index (χ1v) is 15.0. The predicted octanol–water partition coefficient (Wildman–Crippen LogP) is 7.65. The molecule has 4 heteroatoms. The summed E-state index contributed by atoms with van der Waals surface area (Å²) in [7, 11) is -1.81. The van der Waals surface area contributed by atoms with Crippen LogP contribution in [0.25, 0.3) is 0 Å². The van der Waals surface area contributed by atoms with Gasteiger partial charge in [-0.25, -0.2) is 0 Å². The van der Waals surface area contributed by atoms with Gasteiger partial charge in [-0.3, -0.25) is 4.79 Å². The lowest BCUT2D eigenvalue weighted by Gasteiger charge is -2.41. The SMILES string of the molecule is C=CC[C@@H](O[Si](C)(C)C(C)(C)C)[C@H](CC)CCCNC(=O)[C@H](CC)CCCC(=C)C. The van der Waals surface area contributed by atoms with Crippen LogP contribution >= 0.6 is 0 Å². The maximum absolute atomic E-state index is 12.5. The van der Waals surface area contributed by atoms with E-state index < -0.39 is 8.32 Å². The molecule has 1 amide bonds. The van der Waals surface area contributed by atoms with Gasteiger partial charge >= 0.3 is 0 Å². The third-order valence-electron chi connectivity index (χ3n) is 6.77. The molecule has 3 atom stereocenters. The van der Waals surface area contributed by atoms with Gasteiger partial charge in [0.1, 0.15) is 0 Å². The zero-order chi connectivity index (χ0) is 23.4. The van der Waals surface area contributed by atoms with Crippen LogP contribution in [0.3, 0.4) is 0 Å². The molecule has 0 fully saturated rings. The molecule has 0 aromatic carbocycles. The molecule has 176 valence electrons. The van der Waals surface area contributed by atoms with Crippen molar-refractivity contribution in [2.24, 2.45) is 11.8 Å². The van der Waals surface area contributed by atoms with Crippen molar-refractivity contribution in [1.82, 2.24) is 5.32 Å². The van der Waals surface area contributed by atoms with Crippen molar-refractivity contribution in [3.8, 4) is 0 Å². The Labute approximate surface area is 189 Å². The van der Waals surface area contributed by atoms with E-state index in [1.165, 1.54) is 5.57 Å². The Kier molecular flexibility index (Phi) is 13.8. The lowest BCUT2D eigenvalue weighted by atomic mass is 9.92. The minimum absolute atomic E-state index is 0.127. The molecule has 1 N–H and O–H groups in total. The highest BCUT2D eigenvalue weighted by atomic mass is 28.4. The number of carbonyl (C=O) groups is 1. The fraction of sp³-hybridized carbons (Fsp3) is 0.808. The second-order valence-electron chi connectivity index (χ2n) is 10.5. The zero-order valence-corrected chi connectivity index (χ0v) is 22.4. The first-order chi connectivity index (χ1) is 13.9. The molecule has 0 aliphatic heterocycles. The molecule has 0 rings (SSSR count). The highest BCUT2D eigenvalue weighted by molar-refractivity contribution is 6.74. The summed E-state index contributed by atoms with van der Waals surface area (Å²) in [5, 5.41) is 3.39. The van der Waals surface area contributed by atoms with Gasteiger partial charge < -0.3 is 9.74 Å². The van der Waals surface area contributed by atoms with Gasteiger partial charge in [-0.05, 0) is 75.9 Å². The highest BCUT2D eigenvalue weighted by Gasteiger charge is 2.40. The summed E-state index contributed by atoms with van der Waals surface area (Å²) in [6, 6.07) is 0. The van der Waals surface area contributed by atoms with Gasteiger partial charge in [0.2, 0.25) is 5.91 Å². The average molecular weight is 438 g/mol. The van der Waals surface area contributed by atoms with Gasteiger partial charge in [0, 0.05) is 12.5 Å². The number of hydrogen-bond acceptors (Lipinski definition) is 2. The fourth-order valence-electron chi connectivity index (χ4n) is 3.60. The lowest BCUT2D eigenvalue weighted by molar-refractivity contribution is -0.125. The largest absolute Gasteiger partial charge is 0.413 e. The van der Waals surface area contributed by atoms with Crippen LogP contribution in [-0.4, -0.2) is 26.9 Å². The smallest absolute Gasteiger partial charge is 0.223 e. The van der Waals surface area contributed by atoms with E-state index in [9.17, 15) is 4.79 Å². The third-order valence-corrected chi connectivity index (χ3v) is 11.3. The minimum Gasteiger partial charge on any atom is -0.413 e. The molecule has 0 aromatic rings. The molecule has 0 aromatic heterocycles. The Bertz CT molecular complexity index is 522. The van der Waals surface area contributed by atoms with Gasteiger partial charge in [-0.2, -0.15) is 0 Å². The van der Waals surface area contributed by atoms with Crippen molar-refractivity contribution in [1.29, 1.82) is 0 Å². The summed E-state index contributed by atoms with van der Waals surface area (Å²) in [5.41, 5.74) is 1.20. The molecule has 30 heavy (non-hydrogen) atoms. The molecule has 0 aliphatic rings. The van der Waals surface area contributed by atoms with E-state index in [1.807, 2.05) is 6.08 Å². The van der Waals surface area contributed by atoms with Gasteiger partial charge in [0.15, 0.2) is 8.32 Å². The Morgan fingerprint density at radius 3 is 2.23 bits per heavy atom. The fourth-order valence-corrected chi connectivity index (χ4v) is 5.00. The van der Waals surface area contributed by atoms with E-state index in [4.69, 9.17) is 4.43 Å². The highest BCUT2D eigenvalue weighted by Crippen LogP contribution is 2.39. The lowest BCUT2D eigenvalue weighted by Crippen LogP contribution is -2.45. The van der Waals surface area contributed by atoms with Crippen LogP contribution in [0.2, 0.25) is 18.1 Å². The molecule has 0 aliphatic carbocycles.